The average molecular weight is 248 g/mol. The second-order valence-electron chi connectivity index (χ2n) is 5.48. The van der Waals surface area contributed by atoms with Crippen LogP contribution in [0.25, 0.3) is 0 Å². The second kappa shape index (κ2) is 5.72. The predicted molar refractivity (Wildman–Crippen MR) is 74.3 cm³/mol. The van der Waals surface area contributed by atoms with Crippen LogP contribution in [0.4, 0.5) is 0 Å². The number of aromatic hydroxyl groups is 1. The maximum atomic E-state index is 9.31. The van der Waals surface area contributed by atoms with Crippen LogP contribution in [0.5, 0.6) is 5.75 Å². The third-order valence-corrected chi connectivity index (χ3v) is 3.93. The lowest BCUT2D eigenvalue weighted by Gasteiger charge is -2.41. The van der Waals surface area contributed by atoms with Gasteiger partial charge in [-0.1, -0.05) is 18.6 Å². The van der Waals surface area contributed by atoms with Gasteiger partial charge in [-0.2, -0.15) is 0 Å². The molecular weight excluding hydrogens is 224 g/mol. The van der Waals surface area contributed by atoms with E-state index in [0.29, 0.717) is 17.8 Å². The minimum atomic E-state index is 0.272. The molecule has 1 aliphatic rings. The first-order chi connectivity index (χ1) is 8.58. The highest BCUT2D eigenvalue weighted by molar-refractivity contribution is 5.27. The molecule has 3 heteroatoms. The zero-order valence-electron chi connectivity index (χ0n) is 11.6. The van der Waals surface area contributed by atoms with E-state index in [4.69, 9.17) is 0 Å². The molecule has 3 atom stereocenters. The molecule has 1 fully saturated rings. The number of hydrogen-bond donors (Lipinski definition) is 2. The molecule has 0 amide bonds. The summed E-state index contributed by atoms with van der Waals surface area (Å²) < 4.78 is 0. The first kappa shape index (κ1) is 13.4. The minimum absolute atomic E-state index is 0.272. The van der Waals surface area contributed by atoms with Gasteiger partial charge in [-0.15, -0.1) is 0 Å². The summed E-state index contributed by atoms with van der Waals surface area (Å²) in [6.07, 6.45) is 3.85. The zero-order valence-corrected chi connectivity index (χ0v) is 11.6. The molecular formula is C15H24N2O. The van der Waals surface area contributed by atoms with Crippen molar-refractivity contribution in [3.8, 4) is 5.75 Å². The van der Waals surface area contributed by atoms with Gasteiger partial charge in [-0.3, -0.25) is 0 Å². The van der Waals surface area contributed by atoms with E-state index < -0.39 is 0 Å². The van der Waals surface area contributed by atoms with Crippen LogP contribution in [0.2, 0.25) is 0 Å². The summed E-state index contributed by atoms with van der Waals surface area (Å²) in [5.41, 5.74) is 4.81. The highest BCUT2D eigenvalue weighted by Crippen LogP contribution is 2.23. The summed E-state index contributed by atoms with van der Waals surface area (Å²) in [5, 5.41) is 11.7. The van der Waals surface area contributed by atoms with Crippen LogP contribution in [0, 0.1) is 0 Å². The number of piperidine rings is 1. The lowest BCUT2D eigenvalue weighted by Crippen LogP contribution is -2.52. The molecule has 2 rings (SSSR count). The number of rotatable bonds is 3. The molecule has 2 N–H and O–H groups in total. The maximum absolute atomic E-state index is 9.31. The van der Waals surface area contributed by atoms with Crippen molar-refractivity contribution in [3.05, 3.63) is 29.8 Å². The Morgan fingerprint density at radius 1 is 1.17 bits per heavy atom. The van der Waals surface area contributed by atoms with E-state index in [-0.39, 0.29) is 6.04 Å². The molecule has 0 saturated carbocycles. The molecule has 1 aromatic carbocycles. The lowest BCUT2D eigenvalue weighted by molar-refractivity contribution is 0.0320. The Balaban J connectivity index is 2.01. The fraction of sp³-hybridized carbons (Fsp3) is 0.600. The van der Waals surface area contributed by atoms with Crippen molar-refractivity contribution in [2.24, 2.45) is 0 Å². The monoisotopic (exact) mass is 248 g/mol. The Morgan fingerprint density at radius 3 is 2.28 bits per heavy atom. The maximum Gasteiger partial charge on any atom is 0.115 e. The Bertz CT molecular complexity index is 367. The molecule has 1 aliphatic heterocycles. The van der Waals surface area contributed by atoms with Gasteiger partial charge < -0.3 is 5.11 Å². The van der Waals surface area contributed by atoms with E-state index in [1.165, 1.54) is 24.8 Å². The molecule has 3 nitrogen and oxygen atoms in total. The van der Waals surface area contributed by atoms with Crippen molar-refractivity contribution >= 4 is 0 Å². The molecule has 1 heterocycles. The number of benzene rings is 1. The van der Waals surface area contributed by atoms with E-state index in [1.807, 2.05) is 12.1 Å². The lowest BCUT2D eigenvalue weighted by atomic mass is 9.99. The van der Waals surface area contributed by atoms with Crippen LogP contribution in [0.1, 0.15) is 51.6 Å². The normalized spacial score (nSPS) is 27.1. The third-order valence-electron chi connectivity index (χ3n) is 3.93. The Hall–Kier alpha value is -1.06. The topological polar surface area (TPSA) is 35.5 Å². The van der Waals surface area contributed by atoms with Crippen LogP contribution in [-0.2, 0) is 0 Å². The van der Waals surface area contributed by atoms with E-state index >= 15 is 0 Å². The molecule has 1 aromatic rings. The Labute approximate surface area is 110 Å². The average Bonchev–Trinajstić information content (AvgIpc) is 2.34. The van der Waals surface area contributed by atoms with Crippen LogP contribution >= 0.6 is 0 Å². The largest absolute Gasteiger partial charge is 0.508 e. The van der Waals surface area contributed by atoms with Gasteiger partial charge in [-0.05, 0) is 51.3 Å². The number of nitrogens with one attached hydrogen (secondary N) is 1. The van der Waals surface area contributed by atoms with Gasteiger partial charge in [0.1, 0.15) is 5.75 Å². The summed E-state index contributed by atoms with van der Waals surface area (Å²) in [4.78, 5) is 0. The summed E-state index contributed by atoms with van der Waals surface area (Å²) in [6, 6.07) is 8.90. The molecule has 0 spiro atoms. The van der Waals surface area contributed by atoms with Crippen molar-refractivity contribution < 1.29 is 5.11 Å². The van der Waals surface area contributed by atoms with Gasteiger partial charge in [0.25, 0.3) is 0 Å². The summed E-state index contributed by atoms with van der Waals surface area (Å²) in [5.74, 6) is 0.325. The molecule has 0 aromatic heterocycles. The van der Waals surface area contributed by atoms with Crippen molar-refractivity contribution in [2.45, 2.75) is 58.2 Å². The van der Waals surface area contributed by atoms with Gasteiger partial charge in [-0.25, -0.2) is 10.4 Å². The van der Waals surface area contributed by atoms with Crippen molar-refractivity contribution in [1.82, 2.24) is 10.4 Å². The van der Waals surface area contributed by atoms with Gasteiger partial charge in [0, 0.05) is 18.1 Å². The molecule has 18 heavy (non-hydrogen) atoms. The molecule has 1 saturated heterocycles. The molecule has 0 radical (unpaired) electrons. The molecule has 3 unspecified atom stereocenters. The van der Waals surface area contributed by atoms with Gasteiger partial charge in [0.2, 0.25) is 0 Å². The van der Waals surface area contributed by atoms with Gasteiger partial charge in [0.05, 0.1) is 0 Å². The van der Waals surface area contributed by atoms with Crippen LogP contribution in [0.15, 0.2) is 24.3 Å². The summed E-state index contributed by atoms with van der Waals surface area (Å²) in [6.45, 7) is 6.73. The number of hydrogen-bond acceptors (Lipinski definition) is 3. The molecule has 0 bridgehead atoms. The first-order valence-electron chi connectivity index (χ1n) is 6.91. The van der Waals surface area contributed by atoms with Crippen molar-refractivity contribution in [1.29, 1.82) is 0 Å². The highest BCUT2D eigenvalue weighted by atomic mass is 16.3. The smallest absolute Gasteiger partial charge is 0.115 e. The van der Waals surface area contributed by atoms with Crippen molar-refractivity contribution in [2.75, 3.05) is 0 Å². The van der Waals surface area contributed by atoms with Crippen LogP contribution < -0.4 is 5.43 Å². The predicted octanol–water partition coefficient (Wildman–Crippen LogP) is 3.22. The van der Waals surface area contributed by atoms with E-state index in [9.17, 15) is 5.11 Å². The Morgan fingerprint density at radius 2 is 1.72 bits per heavy atom. The zero-order chi connectivity index (χ0) is 13.1. The quantitative estimate of drug-likeness (QED) is 0.862. The van der Waals surface area contributed by atoms with Gasteiger partial charge >= 0.3 is 0 Å². The summed E-state index contributed by atoms with van der Waals surface area (Å²) in [7, 11) is 0. The Kier molecular flexibility index (Phi) is 4.25. The van der Waals surface area contributed by atoms with Crippen LogP contribution in [-0.4, -0.2) is 22.2 Å². The highest BCUT2D eigenvalue weighted by Gasteiger charge is 2.25. The SMILES string of the molecule is CC(NN1C(C)CCCC1C)c1ccc(O)cc1. The van der Waals surface area contributed by atoms with E-state index in [2.05, 4.69) is 31.2 Å². The van der Waals surface area contributed by atoms with E-state index in [0.717, 1.165) is 0 Å². The third kappa shape index (κ3) is 3.03. The number of phenolic OH excluding ortho intramolecular Hbond substituents is 1. The van der Waals surface area contributed by atoms with Crippen LogP contribution in [0.3, 0.4) is 0 Å². The second-order valence-corrected chi connectivity index (χ2v) is 5.48. The number of hydrazine groups is 1. The fourth-order valence-corrected chi connectivity index (χ4v) is 2.74. The minimum Gasteiger partial charge on any atom is -0.508 e. The number of phenols is 1. The fourth-order valence-electron chi connectivity index (χ4n) is 2.74. The van der Waals surface area contributed by atoms with E-state index in [1.54, 1.807) is 12.1 Å². The molecule has 0 aliphatic carbocycles. The van der Waals surface area contributed by atoms with Gasteiger partial charge in [0.15, 0.2) is 0 Å². The molecule has 100 valence electrons. The number of nitrogens with zero attached hydrogens (tertiary/aromatic N) is 1. The summed E-state index contributed by atoms with van der Waals surface area (Å²) >= 11 is 0. The first-order valence-corrected chi connectivity index (χ1v) is 6.91. The standard InChI is InChI=1S/C15H24N2O/c1-11-5-4-6-12(2)17(11)16-13(3)14-7-9-15(18)10-8-14/h7-13,16,18H,4-6H2,1-3H3. The van der Waals surface area contributed by atoms with Crippen molar-refractivity contribution in [3.63, 3.8) is 0 Å².